The molecule has 0 radical (unpaired) electrons. The van der Waals surface area contributed by atoms with E-state index in [4.69, 9.17) is 14.7 Å². The lowest BCUT2D eigenvalue weighted by molar-refractivity contribution is 0.394. The van der Waals surface area contributed by atoms with Crippen molar-refractivity contribution in [1.82, 2.24) is 4.98 Å². The lowest BCUT2D eigenvalue weighted by Crippen LogP contribution is -1.88. The Bertz CT molecular complexity index is 612. The molecule has 98 valence electrons. The molecule has 0 amide bonds. The van der Waals surface area contributed by atoms with E-state index in [2.05, 4.69) is 27.0 Å². The van der Waals surface area contributed by atoms with E-state index < -0.39 is 0 Å². The molecule has 0 spiro atoms. The van der Waals surface area contributed by atoms with Crippen molar-refractivity contribution in [3.05, 3.63) is 27.7 Å². The second-order valence-electron chi connectivity index (χ2n) is 3.67. The molecule has 1 aromatic carbocycles. The molecule has 1 heterocycles. The highest BCUT2D eigenvalue weighted by molar-refractivity contribution is 9.10. The number of nitrogens with zero attached hydrogens (tertiary/aromatic N) is 2. The monoisotopic (exact) mass is 338 g/mol. The van der Waals surface area contributed by atoms with Gasteiger partial charge in [-0.25, -0.2) is 4.98 Å². The standard InChI is InChI=1S/C13H11BrN2O2S/c1-17-9-5-8(6-10(7-9)18-2)13-16-12(14)11(19-13)3-4-15/h5-7H,3H2,1-2H3. The number of ether oxygens (including phenoxy) is 2. The van der Waals surface area contributed by atoms with Crippen LogP contribution in [-0.4, -0.2) is 19.2 Å². The van der Waals surface area contributed by atoms with Gasteiger partial charge in [-0.2, -0.15) is 5.26 Å². The molecule has 0 aliphatic heterocycles. The fraction of sp³-hybridized carbons (Fsp3) is 0.231. The number of halogens is 1. The summed E-state index contributed by atoms with van der Waals surface area (Å²) in [7, 11) is 3.22. The smallest absolute Gasteiger partial charge is 0.125 e. The van der Waals surface area contributed by atoms with Crippen LogP contribution in [0.2, 0.25) is 0 Å². The van der Waals surface area contributed by atoms with Crippen LogP contribution in [0.15, 0.2) is 22.8 Å². The molecule has 0 bridgehead atoms. The third-order valence-electron chi connectivity index (χ3n) is 2.49. The molecule has 1 aromatic heterocycles. The van der Waals surface area contributed by atoms with E-state index in [0.717, 1.165) is 20.1 Å². The predicted octanol–water partition coefficient (Wildman–Crippen LogP) is 3.66. The number of hydrogen-bond acceptors (Lipinski definition) is 5. The maximum Gasteiger partial charge on any atom is 0.125 e. The molecule has 0 atom stereocenters. The van der Waals surface area contributed by atoms with Crippen LogP contribution < -0.4 is 9.47 Å². The van der Waals surface area contributed by atoms with Crippen LogP contribution in [0.25, 0.3) is 10.6 Å². The fourth-order valence-electron chi connectivity index (χ4n) is 1.57. The van der Waals surface area contributed by atoms with Crippen molar-refractivity contribution < 1.29 is 9.47 Å². The molecular weight excluding hydrogens is 328 g/mol. The average Bonchev–Trinajstić information content (AvgIpc) is 2.80. The molecule has 4 nitrogen and oxygen atoms in total. The molecule has 0 aliphatic rings. The lowest BCUT2D eigenvalue weighted by Gasteiger charge is -2.06. The van der Waals surface area contributed by atoms with Gasteiger partial charge in [-0.05, 0) is 28.1 Å². The van der Waals surface area contributed by atoms with Gasteiger partial charge in [-0.15, -0.1) is 11.3 Å². The van der Waals surface area contributed by atoms with E-state index in [9.17, 15) is 0 Å². The molecule has 0 aliphatic carbocycles. The van der Waals surface area contributed by atoms with Crippen molar-refractivity contribution in [1.29, 1.82) is 5.26 Å². The van der Waals surface area contributed by atoms with Gasteiger partial charge < -0.3 is 9.47 Å². The Morgan fingerprint density at radius 2 is 1.89 bits per heavy atom. The third-order valence-corrected chi connectivity index (χ3v) is 4.51. The van der Waals surface area contributed by atoms with Crippen molar-refractivity contribution >= 4 is 27.3 Å². The lowest BCUT2D eigenvalue weighted by atomic mass is 10.2. The summed E-state index contributed by atoms with van der Waals surface area (Å²) in [5.41, 5.74) is 0.908. The first kappa shape index (κ1) is 13.8. The fourth-order valence-corrected chi connectivity index (χ4v) is 3.12. The third kappa shape index (κ3) is 3.06. The van der Waals surface area contributed by atoms with Gasteiger partial charge in [0.25, 0.3) is 0 Å². The Hall–Kier alpha value is -1.58. The number of hydrogen-bond donors (Lipinski definition) is 0. The molecule has 0 N–H and O–H groups in total. The minimum atomic E-state index is 0.347. The van der Waals surface area contributed by atoms with Gasteiger partial charge in [0, 0.05) is 11.6 Å². The molecule has 2 rings (SSSR count). The van der Waals surface area contributed by atoms with E-state index in [1.807, 2.05) is 18.2 Å². The van der Waals surface area contributed by atoms with Gasteiger partial charge in [0.15, 0.2) is 0 Å². The van der Waals surface area contributed by atoms with Crippen molar-refractivity contribution in [3.8, 4) is 28.1 Å². The van der Waals surface area contributed by atoms with Crippen LogP contribution in [0.3, 0.4) is 0 Å². The van der Waals surface area contributed by atoms with Crippen LogP contribution >= 0.6 is 27.3 Å². The zero-order valence-corrected chi connectivity index (χ0v) is 12.8. The maximum absolute atomic E-state index is 8.76. The summed E-state index contributed by atoms with van der Waals surface area (Å²) in [5, 5.41) is 9.58. The number of thiazole rings is 1. The van der Waals surface area contributed by atoms with E-state index >= 15 is 0 Å². The summed E-state index contributed by atoms with van der Waals surface area (Å²) >= 11 is 4.86. The Balaban J connectivity index is 2.46. The Labute approximate surface area is 123 Å². The molecule has 0 saturated heterocycles. The summed E-state index contributed by atoms with van der Waals surface area (Å²) in [5.74, 6) is 1.42. The van der Waals surface area contributed by atoms with E-state index in [0.29, 0.717) is 17.9 Å². The average molecular weight is 339 g/mol. The second kappa shape index (κ2) is 6.04. The molecular formula is C13H11BrN2O2S. The highest BCUT2D eigenvalue weighted by Gasteiger charge is 2.12. The summed E-state index contributed by atoms with van der Waals surface area (Å²) in [6.07, 6.45) is 0.347. The van der Waals surface area contributed by atoms with Crippen LogP contribution in [0.1, 0.15) is 4.88 Å². The molecule has 6 heteroatoms. The van der Waals surface area contributed by atoms with Crippen LogP contribution in [0, 0.1) is 11.3 Å². The van der Waals surface area contributed by atoms with Gasteiger partial charge in [0.2, 0.25) is 0 Å². The van der Waals surface area contributed by atoms with Gasteiger partial charge in [-0.1, -0.05) is 0 Å². The highest BCUT2D eigenvalue weighted by Crippen LogP contribution is 2.35. The molecule has 0 fully saturated rings. The number of methoxy groups -OCH3 is 2. The molecule has 19 heavy (non-hydrogen) atoms. The molecule has 0 unspecified atom stereocenters. The van der Waals surface area contributed by atoms with E-state index in [1.54, 1.807) is 14.2 Å². The minimum absolute atomic E-state index is 0.347. The largest absolute Gasteiger partial charge is 0.497 e. The Morgan fingerprint density at radius 1 is 1.26 bits per heavy atom. The summed E-state index contributed by atoms with van der Waals surface area (Å²) in [4.78, 5) is 5.34. The van der Waals surface area contributed by atoms with Crippen molar-refractivity contribution in [2.24, 2.45) is 0 Å². The van der Waals surface area contributed by atoms with Crippen molar-refractivity contribution in [2.75, 3.05) is 14.2 Å². The highest BCUT2D eigenvalue weighted by atomic mass is 79.9. The second-order valence-corrected chi connectivity index (χ2v) is 5.50. The topological polar surface area (TPSA) is 55.1 Å². The quantitative estimate of drug-likeness (QED) is 0.853. The van der Waals surface area contributed by atoms with Gasteiger partial charge >= 0.3 is 0 Å². The first-order valence-corrected chi connectivity index (χ1v) is 7.04. The first-order valence-electron chi connectivity index (χ1n) is 5.43. The number of benzene rings is 1. The zero-order chi connectivity index (χ0) is 13.8. The maximum atomic E-state index is 8.76. The van der Waals surface area contributed by atoms with Crippen molar-refractivity contribution in [2.45, 2.75) is 6.42 Å². The molecule has 2 aromatic rings. The Kier molecular flexibility index (Phi) is 4.40. The van der Waals surface area contributed by atoms with Crippen LogP contribution in [0.4, 0.5) is 0 Å². The van der Waals surface area contributed by atoms with Gasteiger partial charge in [0.1, 0.15) is 21.1 Å². The Morgan fingerprint density at radius 3 is 2.42 bits per heavy atom. The number of nitriles is 1. The normalized spacial score (nSPS) is 10.0. The summed E-state index contributed by atoms with van der Waals surface area (Å²) in [6.45, 7) is 0. The number of rotatable bonds is 4. The minimum Gasteiger partial charge on any atom is -0.497 e. The predicted molar refractivity (Wildman–Crippen MR) is 77.7 cm³/mol. The summed E-state index contributed by atoms with van der Waals surface area (Å²) in [6, 6.07) is 7.72. The van der Waals surface area contributed by atoms with Gasteiger partial charge in [-0.3, -0.25) is 0 Å². The summed E-state index contributed by atoms with van der Waals surface area (Å²) < 4.78 is 11.2. The molecule has 0 saturated carbocycles. The first-order chi connectivity index (χ1) is 9.17. The van der Waals surface area contributed by atoms with Crippen LogP contribution in [-0.2, 0) is 6.42 Å². The van der Waals surface area contributed by atoms with Crippen molar-refractivity contribution in [3.63, 3.8) is 0 Å². The zero-order valence-electron chi connectivity index (χ0n) is 10.4. The van der Waals surface area contributed by atoms with E-state index in [-0.39, 0.29) is 0 Å². The number of aromatic nitrogens is 1. The SMILES string of the molecule is COc1cc(OC)cc(-c2nc(Br)c(CC#N)s2)c1. The van der Waals surface area contributed by atoms with E-state index in [1.165, 1.54) is 11.3 Å². The van der Waals surface area contributed by atoms with Gasteiger partial charge in [0.05, 0.1) is 31.6 Å². The van der Waals surface area contributed by atoms with Crippen LogP contribution in [0.5, 0.6) is 11.5 Å².